The van der Waals surface area contributed by atoms with Gasteiger partial charge in [0, 0.05) is 33.7 Å². The first-order valence-electron chi connectivity index (χ1n) is 11.3. The van der Waals surface area contributed by atoms with Gasteiger partial charge in [0.05, 0.1) is 6.04 Å². The summed E-state index contributed by atoms with van der Waals surface area (Å²) < 4.78 is 10.9. The molecule has 0 spiro atoms. The maximum Gasteiger partial charge on any atom is 0.245 e. The molecule has 0 radical (unpaired) electrons. The van der Waals surface area contributed by atoms with E-state index in [0.29, 0.717) is 25.4 Å². The Morgan fingerprint density at radius 2 is 1.70 bits per heavy atom. The molecular weight excluding hydrogens is 380 g/mol. The predicted molar refractivity (Wildman–Crippen MR) is 114 cm³/mol. The van der Waals surface area contributed by atoms with Gasteiger partial charge in [-0.2, -0.15) is 0 Å². The number of carbonyl (C=O) groups excluding carboxylic acids is 2. The van der Waals surface area contributed by atoms with E-state index in [0.717, 1.165) is 44.9 Å². The molecule has 164 valence electrons. The predicted octanol–water partition coefficient (Wildman–Crippen LogP) is 2.78. The third kappa shape index (κ3) is 4.26. The highest BCUT2D eigenvalue weighted by atomic mass is 16.7. The minimum Gasteiger partial charge on any atom is -0.354 e. The van der Waals surface area contributed by atoms with Crippen LogP contribution in [0.3, 0.4) is 0 Å². The highest BCUT2D eigenvalue weighted by molar-refractivity contribution is 5.88. The van der Waals surface area contributed by atoms with Gasteiger partial charge in [-0.3, -0.25) is 9.59 Å². The van der Waals surface area contributed by atoms with Gasteiger partial charge >= 0.3 is 0 Å². The van der Waals surface area contributed by atoms with E-state index in [1.165, 1.54) is 11.1 Å². The fraction of sp³-hybridized carbons (Fsp3) is 0.667. The topological polar surface area (TPSA) is 59.1 Å². The molecule has 0 bridgehead atoms. The Balaban J connectivity index is 1.39. The van der Waals surface area contributed by atoms with Crippen LogP contribution in [0, 0.1) is 5.92 Å². The first-order chi connectivity index (χ1) is 14.6. The number of ether oxygens (including phenoxy) is 2. The lowest BCUT2D eigenvalue weighted by molar-refractivity contribution is -0.161. The quantitative estimate of drug-likeness (QED) is 0.672. The van der Waals surface area contributed by atoms with E-state index in [-0.39, 0.29) is 23.9 Å². The van der Waals surface area contributed by atoms with E-state index in [4.69, 9.17) is 9.47 Å². The molecule has 2 saturated heterocycles. The van der Waals surface area contributed by atoms with Gasteiger partial charge < -0.3 is 19.3 Å². The Morgan fingerprint density at radius 1 is 1.00 bits per heavy atom. The van der Waals surface area contributed by atoms with Crippen molar-refractivity contribution in [2.45, 2.75) is 69.7 Å². The Hall–Kier alpha value is -1.92. The molecule has 2 heterocycles. The third-order valence-electron chi connectivity index (χ3n) is 7.13. The molecule has 6 heteroatoms. The van der Waals surface area contributed by atoms with Crippen LogP contribution in [-0.4, -0.2) is 67.3 Å². The lowest BCUT2D eigenvalue weighted by Crippen LogP contribution is -2.52. The second-order valence-electron chi connectivity index (χ2n) is 8.91. The SMILES string of the molecule is COC(OC)[C@@H]1CCCN1C(=O)[C@@H]1CCCN1C(=O)C[C@@H]1CCc2ccccc2C1. The van der Waals surface area contributed by atoms with Crippen molar-refractivity contribution in [2.24, 2.45) is 5.92 Å². The lowest BCUT2D eigenvalue weighted by Gasteiger charge is -2.34. The summed E-state index contributed by atoms with van der Waals surface area (Å²) in [6, 6.07) is 8.15. The molecule has 1 aromatic carbocycles. The molecule has 1 aromatic rings. The van der Waals surface area contributed by atoms with Crippen LogP contribution in [0.25, 0.3) is 0 Å². The molecule has 4 rings (SSSR count). The van der Waals surface area contributed by atoms with E-state index in [1.807, 2.05) is 9.80 Å². The van der Waals surface area contributed by atoms with Crippen LogP contribution in [0.1, 0.15) is 49.7 Å². The maximum atomic E-state index is 13.4. The molecule has 0 saturated carbocycles. The van der Waals surface area contributed by atoms with Crippen LogP contribution >= 0.6 is 0 Å². The fourth-order valence-corrected chi connectivity index (χ4v) is 5.58. The third-order valence-corrected chi connectivity index (χ3v) is 7.13. The molecule has 2 aliphatic heterocycles. The lowest BCUT2D eigenvalue weighted by atomic mass is 9.82. The number of likely N-dealkylation sites (tertiary alicyclic amines) is 2. The van der Waals surface area contributed by atoms with E-state index >= 15 is 0 Å². The molecule has 3 aliphatic rings. The second-order valence-corrected chi connectivity index (χ2v) is 8.91. The highest BCUT2D eigenvalue weighted by Gasteiger charge is 2.42. The number of methoxy groups -OCH3 is 2. The summed E-state index contributed by atoms with van der Waals surface area (Å²) in [6.45, 7) is 1.40. The normalized spacial score (nSPS) is 26.3. The minimum absolute atomic E-state index is 0.0661. The van der Waals surface area contributed by atoms with Gasteiger partial charge in [-0.25, -0.2) is 0 Å². The van der Waals surface area contributed by atoms with E-state index in [9.17, 15) is 9.59 Å². The highest BCUT2D eigenvalue weighted by Crippen LogP contribution is 2.31. The maximum absolute atomic E-state index is 13.4. The molecule has 0 aromatic heterocycles. The van der Waals surface area contributed by atoms with Crippen LogP contribution in [0.4, 0.5) is 0 Å². The van der Waals surface area contributed by atoms with Gasteiger partial charge in [0.2, 0.25) is 11.8 Å². The number of fused-ring (bicyclic) bond motifs is 1. The van der Waals surface area contributed by atoms with Gasteiger partial charge in [0.25, 0.3) is 0 Å². The van der Waals surface area contributed by atoms with Crippen LogP contribution in [-0.2, 0) is 31.9 Å². The number of carbonyl (C=O) groups is 2. The Morgan fingerprint density at radius 3 is 2.47 bits per heavy atom. The van der Waals surface area contributed by atoms with Crippen molar-refractivity contribution in [3.05, 3.63) is 35.4 Å². The monoisotopic (exact) mass is 414 g/mol. The Bertz CT molecular complexity index is 763. The van der Waals surface area contributed by atoms with Crippen molar-refractivity contribution in [1.82, 2.24) is 9.80 Å². The van der Waals surface area contributed by atoms with E-state index in [2.05, 4.69) is 24.3 Å². The zero-order valence-electron chi connectivity index (χ0n) is 18.2. The summed E-state index contributed by atoms with van der Waals surface area (Å²) in [6.07, 6.45) is 6.66. The molecule has 1 aliphatic carbocycles. The smallest absolute Gasteiger partial charge is 0.245 e. The average Bonchev–Trinajstić information content (AvgIpc) is 3.44. The standard InChI is InChI=1S/C24H34N2O4/c1-29-24(30-2)21-10-6-14-26(21)23(28)20-9-5-13-25(20)22(27)16-17-11-12-18-7-3-4-8-19(18)15-17/h3-4,7-8,17,20-21,24H,5-6,9-16H2,1-2H3/t17-,20+,21+/m1/s1. The number of hydrogen-bond donors (Lipinski definition) is 0. The van der Waals surface area contributed by atoms with Crippen molar-refractivity contribution in [3.63, 3.8) is 0 Å². The summed E-state index contributed by atoms with van der Waals surface area (Å²) in [4.78, 5) is 30.3. The fourth-order valence-electron chi connectivity index (χ4n) is 5.58. The summed E-state index contributed by atoms with van der Waals surface area (Å²) in [7, 11) is 3.23. The van der Waals surface area contributed by atoms with Gasteiger partial charge in [-0.15, -0.1) is 0 Å². The number of nitrogens with zero attached hydrogens (tertiary/aromatic N) is 2. The Kier molecular flexibility index (Phi) is 6.74. The Labute approximate surface area is 179 Å². The first kappa shape index (κ1) is 21.3. The molecule has 3 atom stereocenters. The van der Waals surface area contributed by atoms with Crippen LogP contribution in [0.15, 0.2) is 24.3 Å². The van der Waals surface area contributed by atoms with Gasteiger partial charge in [-0.1, -0.05) is 24.3 Å². The summed E-state index contributed by atoms with van der Waals surface area (Å²) in [5.74, 6) is 0.576. The zero-order chi connectivity index (χ0) is 21.1. The van der Waals surface area contributed by atoms with Crippen molar-refractivity contribution in [1.29, 1.82) is 0 Å². The summed E-state index contributed by atoms with van der Waals surface area (Å²) in [5, 5.41) is 0. The minimum atomic E-state index is -0.413. The molecule has 30 heavy (non-hydrogen) atoms. The molecule has 0 unspecified atom stereocenters. The zero-order valence-corrected chi connectivity index (χ0v) is 18.2. The first-order valence-corrected chi connectivity index (χ1v) is 11.3. The molecule has 0 N–H and O–H groups in total. The van der Waals surface area contributed by atoms with Crippen molar-refractivity contribution in [2.75, 3.05) is 27.3 Å². The van der Waals surface area contributed by atoms with Crippen molar-refractivity contribution >= 4 is 11.8 Å². The summed E-state index contributed by atoms with van der Waals surface area (Å²) in [5.41, 5.74) is 2.79. The van der Waals surface area contributed by atoms with Crippen LogP contribution in [0.5, 0.6) is 0 Å². The van der Waals surface area contributed by atoms with E-state index < -0.39 is 6.29 Å². The largest absolute Gasteiger partial charge is 0.354 e. The molecule has 2 amide bonds. The number of aryl methyl sites for hydroxylation is 1. The number of rotatable bonds is 6. The second kappa shape index (κ2) is 9.48. The van der Waals surface area contributed by atoms with Gasteiger partial charge in [-0.05, 0) is 62.0 Å². The average molecular weight is 415 g/mol. The molecule has 2 fully saturated rings. The van der Waals surface area contributed by atoms with Crippen LogP contribution in [0.2, 0.25) is 0 Å². The van der Waals surface area contributed by atoms with Crippen LogP contribution < -0.4 is 0 Å². The van der Waals surface area contributed by atoms with Crippen molar-refractivity contribution in [3.8, 4) is 0 Å². The molecular formula is C24H34N2O4. The van der Waals surface area contributed by atoms with Crippen molar-refractivity contribution < 1.29 is 19.1 Å². The number of benzene rings is 1. The summed E-state index contributed by atoms with van der Waals surface area (Å²) >= 11 is 0. The number of hydrogen-bond acceptors (Lipinski definition) is 4. The van der Waals surface area contributed by atoms with Gasteiger partial charge in [0.15, 0.2) is 6.29 Å². The van der Waals surface area contributed by atoms with E-state index in [1.54, 1.807) is 14.2 Å². The van der Waals surface area contributed by atoms with Gasteiger partial charge in [0.1, 0.15) is 6.04 Å². The molecule has 6 nitrogen and oxygen atoms in total. The number of amides is 2.